The number of methoxy groups -OCH3 is 1. The molecule has 0 atom stereocenters. The number of hydrogen-bond acceptors (Lipinski definition) is 6. The Kier molecular flexibility index (Phi) is 6.25. The van der Waals surface area contributed by atoms with Crippen LogP contribution in [0.1, 0.15) is 24.0 Å². The summed E-state index contributed by atoms with van der Waals surface area (Å²) in [4.78, 5) is 0.0871. The van der Waals surface area contributed by atoms with Crippen LogP contribution in [0.15, 0.2) is 46.2 Å². The summed E-state index contributed by atoms with van der Waals surface area (Å²) in [6.07, 6.45) is 3.99. The number of rotatable bonds is 6. The van der Waals surface area contributed by atoms with Crippen LogP contribution in [0, 0.1) is 0 Å². The lowest BCUT2D eigenvalue weighted by Crippen LogP contribution is -2.40. The van der Waals surface area contributed by atoms with E-state index in [1.807, 2.05) is 6.07 Å². The molecule has 0 radical (unpaired) electrons. The zero-order chi connectivity index (χ0) is 22.1. The van der Waals surface area contributed by atoms with Crippen molar-refractivity contribution in [1.82, 2.24) is 4.31 Å². The van der Waals surface area contributed by atoms with Crippen molar-refractivity contribution in [2.24, 2.45) is 0 Å². The average molecular weight is 467 g/mol. The smallest absolute Gasteiger partial charge is 0.261 e. The highest BCUT2D eigenvalue weighted by atomic mass is 32.2. The zero-order valence-electron chi connectivity index (χ0n) is 17.3. The van der Waals surface area contributed by atoms with Gasteiger partial charge in [-0.1, -0.05) is 6.07 Å². The van der Waals surface area contributed by atoms with Gasteiger partial charge in [0.25, 0.3) is 10.0 Å². The summed E-state index contributed by atoms with van der Waals surface area (Å²) < 4.78 is 66.5. The highest BCUT2D eigenvalue weighted by Gasteiger charge is 2.30. The van der Waals surface area contributed by atoms with Crippen molar-refractivity contribution in [2.75, 3.05) is 38.1 Å². The summed E-state index contributed by atoms with van der Waals surface area (Å²) in [6.45, 7) is 1.09. The van der Waals surface area contributed by atoms with E-state index in [1.54, 1.807) is 12.1 Å². The van der Waals surface area contributed by atoms with E-state index >= 15 is 0 Å². The fourth-order valence-corrected chi connectivity index (χ4v) is 6.65. The molecule has 168 valence electrons. The van der Waals surface area contributed by atoms with E-state index in [0.717, 1.165) is 31.2 Å². The number of benzene rings is 2. The normalized spacial score (nSPS) is 17.7. The molecule has 1 heterocycles. The molecule has 8 nitrogen and oxygen atoms in total. The quantitative estimate of drug-likeness (QED) is 0.701. The SMILES string of the molecule is COc1ccc(NS(=O)(=O)c2ccc3c(c2)CCCC3)cc1S(=O)(=O)N1CCOCC1. The summed E-state index contributed by atoms with van der Waals surface area (Å²) in [5.74, 6) is 0.156. The Balaban J connectivity index is 1.65. The van der Waals surface area contributed by atoms with Crippen molar-refractivity contribution in [3.8, 4) is 5.75 Å². The minimum Gasteiger partial charge on any atom is -0.495 e. The standard InChI is InChI=1S/C21H26N2O6S2/c1-28-20-9-7-18(15-21(20)31(26,27)23-10-12-29-13-11-23)22-30(24,25)19-8-6-16-4-2-3-5-17(16)14-19/h6-9,14-15,22H,2-5,10-13H2,1H3. The van der Waals surface area contributed by atoms with Crippen LogP contribution in [-0.4, -0.2) is 54.6 Å². The number of nitrogens with zero attached hydrogens (tertiary/aromatic N) is 1. The van der Waals surface area contributed by atoms with Crippen LogP contribution in [-0.2, 0) is 37.6 Å². The van der Waals surface area contributed by atoms with Gasteiger partial charge in [0, 0.05) is 13.1 Å². The van der Waals surface area contributed by atoms with Gasteiger partial charge < -0.3 is 9.47 Å². The first-order valence-electron chi connectivity index (χ1n) is 10.2. The van der Waals surface area contributed by atoms with Gasteiger partial charge in [0.15, 0.2) is 0 Å². The Bertz CT molecular complexity index is 1170. The fourth-order valence-electron chi connectivity index (χ4n) is 3.96. The lowest BCUT2D eigenvalue weighted by atomic mass is 9.92. The molecule has 2 aliphatic rings. The first-order chi connectivity index (χ1) is 14.8. The summed E-state index contributed by atoms with van der Waals surface area (Å²) >= 11 is 0. The van der Waals surface area contributed by atoms with Crippen LogP contribution < -0.4 is 9.46 Å². The third-order valence-corrected chi connectivity index (χ3v) is 8.93. The van der Waals surface area contributed by atoms with Gasteiger partial charge in [0.1, 0.15) is 10.6 Å². The molecular formula is C21H26N2O6S2. The zero-order valence-corrected chi connectivity index (χ0v) is 19.0. The maximum absolute atomic E-state index is 13.1. The molecule has 10 heteroatoms. The third kappa shape index (κ3) is 4.57. The molecule has 0 aromatic heterocycles. The van der Waals surface area contributed by atoms with E-state index in [4.69, 9.17) is 9.47 Å². The molecule has 1 saturated heterocycles. The van der Waals surface area contributed by atoms with Crippen LogP contribution >= 0.6 is 0 Å². The molecule has 1 aliphatic heterocycles. The third-order valence-electron chi connectivity index (χ3n) is 5.63. The van der Waals surface area contributed by atoms with Gasteiger partial charge in [0.2, 0.25) is 10.0 Å². The topological polar surface area (TPSA) is 102 Å². The van der Waals surface area contributed by atoms with Gasteiger partial charge in [-0.05, 0) is 67.1 Å². The second-order valence-electron chi connectivity index (χ2n) is 7.63. The molecule has 2 aromatic rings. The Morgan fingerprint density at radius 1 is 0.935 bits per heavy atom. The monoisotopic (exact) mass is 466 g/mol. The number of nitrogens with one attached hydrogen (secondary N) is 1. The number of aryl methyl sites for hydroxylation is 2. The number of hydrogen-bond donors (Lipinski definition) is 1. The van der Waals surface area contributed by atoms with Crippen molar-refractivity contribution in [2.45, 2.75) is 35.5 Å². The highest BCUT2D eigenvalue weighted by molar-refractivity contribution is 7.92. The van der Waals surface area contributed by atoms with Gasteiger partial charge in [-0.15, -0.1) is 0 Å². The number of sulfonamides is 2. The largest absolute Gasteiger partial charge is 0.495 e. The molecule has 31 heavy (non-hydrogen) atoms. The molecule has 1 fully saturated rings. The number of morpholine rings is 1. The minimum atomic E-state index is -3.87. The van der Waals surface area contributed by atoms with Gasteiger partial charge in [-0.25, -0.2) is 16.8 Å². The number of anilines is 1. The Labute approximate surface area is 183 Å². The predicted molar refractivity (Wildman–Crippen MR) is 116 cm³/mol. The van der Waals surface area contributed by atoms with Crippen LogP contribution in [0.2, 0.25) is 0 Å². The molecule has 4 rings (SSSR count). The Hall–Kier alpha value is -2.14. The summed E-state index contributed by atoms with van der Waals surface area (Å²) in [7, 11) is -6.36. The highest BCUT2D eigenvalue weighted by Crippen LogP contribution is 2.31. The first-order valence-corrected chi connectivity index (χ1v) is 13.1. The van der Waals surface area contributed by atoms with Crippen LogP contribution in [0.3, 0.4) is 0 Å². The molecule has 0 unspecified atom stereocenters. The minimum absolute atomic E-state index is 0.0810. The van der Waals surface area contributed by atoms with E-state index < -0.39 is 20.0 Å². The van der Waals surface area contributed by atoms with Crippen LogP contribution in [0.25, 0.3) is 0 Å². The molecule has 0 amide bonds. The van der Waals surface area contributed by atoms with E-state index in [1.165, 1.54) is 35.2 Å². The average Bonchev–Trinajstić information content (AvgIpc) is 2.79. The molecule has 0 bridgehead atoms. The van der Waals surface area contributed by atoms with Crippen molar-refractivity contribution in [3.63, 3.8) is 0 Å². The van der Waals surface area contributed by atoms with Gasteiger partial charge in [0.05, 0.1) is 30.9 Å². The molecule has 1 N–H and O–H groups in total. The van der Waals surface area contributed by atoms with Gasteiger partial charge in [-0.3, -0.25) is 4.72 Å². The van der Waals surface area contributed by atoms with E-state index in [0.29, 0.717) is 13.2 Å². The molecular weight excluding hydrogens is 440 g/mol. The van der Waals surface area contributed by atoms with Crippen molar-refractivity contribution >= 4 is 25.7 Å². The van der Waals surface area contributed by atoms with Gasteiger partial charge >= 0.3 is 0 Å². The van der Waals surface area contributed by atoms with Gasteiger partial charge in [-0.2, -0.15) is 4.31 Å². The summed E-state index contributed by atoms with van der Waals surface area (Å²) in [5.41, 5.74) is 2.40. The lowest BCUT2D eigenvalue weighted by Gasteiger charge is -2.27. The van der Waals surface area contributed by atoms with E-state index in [9.17, 15) is 16.8 Å². The van der Waals surface area contributed by atoms with Crippen molar-refractivity contribution in [3.05, 3.63) is 47.5 Å². The maximum atomic E-state index is 13.1. The second kappa shape index (κ2) is 8.78. The van der Waals surface area contributed by atoms with Crippen LogP contribution in [0.4, 0.5) is 5.69 Å². The van der Waals surface area contributed by atoms with Crippen molar-refractivity contribution in [1.29, 1.82) is 0 Å². The molecule has 0 spiro atoms. The van der Waals surface area contributed by atoms with E-state index in [2.05, 4.69) is 4.72 Å². The number of ether oxygens (including phenoxy) is 2. The number of fused-ring (bicyclic) bond motifs is 1. The Morgan fingerprint density at radius 2 is 1.65 bits per heavy atom. The second-order valence-corrected chi connectivity index (χ2v) is 11.2. The maximum Gasteiger partial charge on any atom is 0.261 e. The first kappa shape index (κ1) is 22.1. The molecule has 0 saturated carbocycles. The predicted octanol–water partition coefficient (Wildman–Crippen LogP) is 2.40. The molecule has 2 aromatic carbocycles. The van der Waals surface area contributed by atoms with Crippen molar-refractivity contribution < 1.29 is 26.3 Å². The fraction of sp³-hybridized carbons (Fsp3) is 0.429. The van der Waals surface area contributed by atoms with E-state index in [-0.39, 0.29) is 34.3 Å². The lowest BCUT2D eigenvalue weighted by molar-refractivity contribution is 0.0729. The van der Waals surface area contributed by atoms with Crippen LogP contribution in [0.5, 0.6) is 5.75 Å². The Morgan fingerprint density at radius 3 is 2.35 bits per heavy atom. The molecule has 1 aliphatic carbocycles. The summed E-state index contributed by atoms with van der Waals surface area (Å²) in [6, 6.07) is 9.43. The summed E-state index contributed by atoms with van der Waals surface area (Å²) in [5, 5.41) is 0.